The highest BCUT2D eigenvalue weighted by molar-refractivity contribution is 7.70. The predicted molar refractivity (Wildman–Crippen MR) is 193 cm³/mol. The van der Waals surface area contributed by atoms with Crippen LogP contribution in [-0.4, -0.2) is 28.3 Å². The monoisotopic (exact) mass is 631 g/mol. The van der Waals surface area contributed by atoms with E-state index in [0.29, 0.717) is 23.4 Å². The molecular formula is C42H38N3OP. The van der Waals surface area contributed by atoms with Gasteiger partial charge in [0.1, 0.15) is 7.14 Å². The van der Waals surface area contributed by atoms with Gasteiger partial charge in [0.15, 0.2) is 17.5 Å². The van der Waals surface area contributed by atoms with Crippen molar-refractivity contribution in [1.29, 1.82) is 0 Å². The van der Waals surface area contributed by atoms with Crippen LogP contribution in [0.1, 0.15) is 36.8 Å². The van der Waals surface area contributed by atoms with E-state index in [0.717, 1.165) is 39.0 Å². The van der Waals surface area contributed by atoms with Crippen LogP contribution in [0.3, 0.4) is 0 Å². The molecule has 0 amide bonds. The summed E-state index contributed by atoms with van der Waals surface area (Å²) in [6.07, 6.45) is 5.08. The molecule has 3 unspecified atom stereocenters. The van der Waals surface area contributed by atoms with Gasteiger partial charge in [-0.15, -0.1) is 0 Å². The van der Waals surface area contributed by atoms with Crippen LogP contribution in [-0.2, 0) is 9.98 Å². The first-order valence-corrected chi connectivity index (χ1v) is 19.2. The molecule has 5 aromatic carbocycles. The van der Waals surface area contributed by atoms with Crippen LogP contribution in [0.2, 0.25) is 0 Å². The second-order valence-electron chi connectivity index (χ2n) is 13.6. The van der Waals surface area contributed by atoms with E-state index in [1.165, 1.54) is 36.8 Å². The topological polar surface area (TPSA) is 55.7 Å². The SMILES string of the molecule is CP(C)(=O)c1cccc(-c2ccc(C3(c4ccc(-c5nc(-c6ccccc6)nc(-c6ccccc6)n5)cc4)CC4CCC3C4)cc2)c1. The van der Waals surface area contributed by atoms with Crippen LogP contribution >= 0.6 is 7.14 Å². The zero-order valence-corrected chi connectivity index (χ0v) is 27.8. The first-order valence-electron chi connectivity index (χ1n) is 16.6. The molecule has 0 radical (unpaired) electrons. The quantitative estimate of drug-likeness (QED) is 0.165. The number of hydrogen-bond donors (Lipinski definition) is 0. The Morgan fingerprint density at radius 2 is 1.04 bits per heavy atom. The van der Waals surface area contributed by atoms with Gasteiger partial charge in [-0.2, -0.15) is 0 Å². The molecule has 4 nitrogen and oxygen atoms in total. The molecular weight excluding hydrogens is 593 g/mol. The third-order valence-corrected chi connectivity index (χ3v) is 11.9. The van der Waals surface area contributed by atoms with Crippen molar-refractivity contribution >= 4 is 12.4 Å². The lowest BCUT2D eigenvalue weighted by Crippen LogP contribution is -2.34. The van der Waals surface area contributed by atoms with E-state index in [1.54, 1.807) is 0 Å². The molecule has 2 aliphatic rings. The van der Waals surface area contributed by atoms with E-state index in [1.807, 2.05) is 86.1 Å². The van der Waals surface area contributed by atoms with Gasteiger partial charge in [0, 0.05) is 27.4 Å². The van der Waals surface area contributed by atoms with Crippen molar-refractivity contribution in [2.45, 2.75) is 31.1 Å². The first kappa shape index (κ1) is 29.7. The molecule has 2 saturated carbocycles. The smallest absolute Gasteiger partial charge is 0.164 e. The number of fused-ring (bicyclic) bond motifs is 2. The molecule has 47 heavy (non-hydrogen) atoms. The molecule has 0 saturated heterocycles. The van der Waals surface area contributed by atoms with Crippen molar-refractivity contribution in [3.8, 4) is 45.3 Å². The summed E-state index contributed by atoms with van der Waals surface area (Å²) in [6.45, 7) is 3.68. The molecule has 8 rings (SSSR count). The Hall–Kier alpha value is -4.66. The zero-order valence-electron chi connectivity index (χ0n) is 26.9. The minimum absolute atomic E-state index is 0.00609. The highest BCUT2D eigenvalue weighted by Crippen LogP contribution is 2.60. The van der Waals surface area contributed by atoms with Gasteiger partial charge in [-0.1, -0.05) is 134 Å². The van der Waals surface area contributed by atoms with Crippen LogP contribution < -0.4 is 5.30 Å². The average Bonchev–Trinajstić information content (AvgIpc) is 3.75. The minimum Gasteiger partial charge on any atom is -0.319 e. The molecule has 5 heteroatoms. The summed E-state index contributed by atoms with van der Waals surface area (Å²) in [4.78, 5) is 14.8. The van der Waals surface area contributed by atoms with Gasteiger partial charge in [-0.3, -0.25) is 0 Å². The van der Waals surface area contributed by atoms with Gasteiger partial charge in [-0.05, 0) is 72.7 Å². The molecule has 232 valence electrons. The number of nitrogens with zero attached hydrogens (tertiary/aromatic N) is 3. The van der Waals surface area contributed by atoms with Gasteiger partial charge in [-0.25, -0.2) is 15.0 Å². The molecule has 0 N–H and O–H groups in total. The van der Waals surface area contributed by atoms with Gasteiger partial charge < -0.3 is 4.57 Å². The summed E-state index contributed by atoms with van der Waals surface area (Å²) in [5, 5.41) is 0.925. The fourth-order valence-electron chi connectivity index (χ4n) is 8.04. The Morgan fingerprint density at radius 1 is 0.553 bits per heavy atom. The largest absolute Gasteiger partial charge is 0.319 e. The number of hydrogen-bond acceptors (Lipinski definition) is 4. The second kappa shape index (κ2) is 11.9. The summed E-state index contributed by atoms with van der Waals surface area (Å²) in [6, 6.07) is 46.7. The Bertz CT molecular complexity index is 2030. The third kappa shape index (κ3) is 5.55. The summed E-state index contributed by atoms with van der Waals surface area (Å²) in [5.74, 6) is 3.43. The highest BCUT2D eigenvalue weighted by Gasteiger charge is 2.52. The van der Waals surface area contributed by atoms with Crippen molar-refractivity contribution in [2.75, 3.05) is 13.3 Å². The number of benzene rings is 5. The summed E-state index contributed by atoms with van der Waals surface area (Å²) >= 11 is 0. The Morgan fingerprint density at radius 3 is 1.51 bits per heavy atom. The van der Waals surface area contributed by atoms with Crippen molar-refractivity contribution in [3.63, 3.8) is 0 Å². The molecule has 2 bridgehead atoms. The van der Waals surface area contributed by atoms with Gasteiger partial charge >= 0.3 is 0 Å². The lowest BCUT2D eigenvalue weighted by molar-refractivity contribution is 0.320. The molecule has 6 aromatic rings. The molecule has 3 atom stereocenters. The molecule has 1 heterocycles. The van der Waals surface area contributed by atoms with Crippen LogP contribution in [0, 0.1) is 11.8 Å². The maximum absolute atomic E-state index is 12.8. The van der Waals surface area contributed by atoms with E-state index < -0.39 is 7.14 Å². The molecule has 0 aliphatic heterocycles. The second-order valence-corrected chi connectivity index (χ2v) is 16.9. The van der Waals surface area contributed by atoms with Crippen molar-refractivity contribution in [3.05, 3.63) is 145 Å². The number of aromatic nitrogens is 3. The molecule has 1 aromatic heterocycles. The summed E-state index contributed by atoms with van der Waals surface area (Å²) in [5.41, 5.74) is 7.98. The third-order valence-electron chi connectivity index (χ3n) is 10.4. The lowest BCUT2D eigenvalue weighted by Gasteiger charge is -2.39. The lowest BCUT2D eigenvalue weighted by atomic mass is 9.64. The minimum atomic E-state index is -2.33. The molecule has 2 fully saturated rings. The van der Waals surface area contributed by atoms with Gasteiger partial charge in [0.2, 0.25) is 0 Å². The van der Waals surface area contributed by atoms with Crippen LogP contribution in [0.5, 0.6) is 0 Å². The molecule has 2 aliphatic carbocycles. The Kier molecular flexibility index (Phi) is 7.50. The standard InChI is InChI=1S/C42H38N3OP/c1-47(2,46)38-15-9-14-34(27-38)30-17-22-35(23-18-30)42(28-29-16-21-37(42)26-29)36-24-19-33(20-25-36)41-44-39(31-10-5-3-6-11-31)43-40(45-41)32-12-7-4-8-13-32/h3-15,17-20,22-25,27,29,37H,16,21,26,28H2,1-2H3. The average molecular weight is 632 g/mol. The summed E-state index contributed by atoms with van der Waals surface area (Å²) in [7, 11) is -2.33. The first-order chi connectivity index (χ1) is 22.9. The van der Waals surface area contributed by atoms with Crippen LogP contribution in [0.25, 0.3) is 45.3 Å². The van der Waals surface area contributed by atoms with Gasteiger partial charge in [0.25, 0.3) is 0 Å². The number of rotatable bonds is 7. The molecule has 0 spiro atoms. The van der Waals surface area contributed by atoms with Crippen molar-refractivity contribution in [1.82, 2.24) is 15.0 Å². The predicted octanol–water partition coefficient (Wildman–Crippen LogP) is 9.89. The fourth-order valence-corrected chi connectivity index (χ4v) is 8.93. The fraction of sp³-hybridized carbons (Fsp3) is 0.214. The zero-order chi connectivity index (χ0) is 32.0. The highest BCUT2D eigenvalue weighted by atomic mass is 31.2. The Labute approximate surface area is 277 Å². The Balaban J connectivity index is 1.17. The normalized spacial score (nSPS) is 20.4. The maximum atomic E-state index is 12.8. The van der Waals surface area contributed by atoms with E-state index in [4.69, 9.17) is 15.0 Å². The van der Waals surface area contributed by atoms with Crippen molar-refractivity contribution < 1.29 is 4.57 Å². The van der Waals surface area contributed by atoms with Gasteiger partial charge in [0.05, 0.1) is 0 Å². The van der Waals surface area contributed by atoms with E-state index >= 15 is 0 Å². The van der Waals surface area contributed by atoms with Crippen LogP contribution in [0.15, 0.2) is 133 Å². The summed E-state index contributed by atoms with van der Waals surface area (Å²) < 4.78 is 12.8. The van der Waals surface area contributed by atoms with E-state index in [2.05, 4.69) is 60.7 Å². The van der Waals surface area contributed by atoms with E-state index in [9.17, 15) is 4.57 Å². The van der Waals surface area contributed by atoms with E-state index in [-0.39, 0.29) is 5.41 Å². The van der Waals surface area contributed by atoms with Crippen molar-refractivity contribution in [2.24, 2.45) is 11.8 Å². The maximum Gasteiger partial charge on any atom is 0.164 e. The van der Waals surface area contributed by atoms with Crippen LogP contribution in [0.4, 0.5) is 0 Å².